The molecule has 1 aromatic carbocycles. The zero-order valence-corrected chi connectivity index (χ0v) is 19.3. The Labute approximate surface area is 181 Å². The smallest absolute Gasteiger partial charge is 0.492 e. The number of nitrogens with zero attached hydrogens (tertiary/aromatic N) is 1. The molecule has 3 rings (SSSR count). The molecule has 0 aromatic heterocycles. The van der Waals surface area contributed by atoms with Gasteiger partial charge in [0.2, 0.25) is 0 Å². The first-order valence-corrected chi connectivity index (χ1v) is 11.1. The molecule has 7 heteroatoms. The number of rotatable bonds is 4. The van der Waals surface area contributed by atoms with Gasteiger partial charge in [0.05, 0.1) is 11.6 Å². The highest BCUT2D eigenvalue weighted by atomic mass is 16.6. The zero-order valence-electron chi connectivity index (χ0n) is 19.3. The molecule has 0 radical (unpaired) electrons. The van der Waals surface area contributed by atoms with Gasteiger partial charge in [-0.2, -0.15) is 0 Å². The highest BCUT2D eigenvalue weighted by molar-refractivity contribution is 6.62. The van der Waals surface area contributed by atoms with Gasteiger partial charge in [-0.15, -0.1) is 0 Å². The van der Waals surface area contributed by atoms with Gasteiger partial charge < -0.3 is 23.7 Å². The maximum Gasteiger partial charge on any atom is 0.498 e. The third-order valence-electron chi connectivity index (χ3n) is 5.42. The predicted octanol–water partition coefficient (Wildman–Crippen LogP) is 4.15. The summed E-state index contributed by atoms with van der Waals surface area (Å²) in [5.74, 6) is 0.738. The minimum atomic E-state index is -0.508. The summed E-state index contributed by atoms with van der Waals surface area (Å²) in [5, 5.41) is 0. The van der Waals surface area contributed by atoms with Gasteiger partial charge in [-0.1, -0.05) is 18.2 Å². The molecular weight excluding hydrogens is 381 g/mol. The van der Waals surface area contributed by atoms with Crippen molar-refractivity contribution in [1.82, 2.24) is 4.90 Å². The Kier molecular flexibility index (Phi) is 7.03. The van der Waals surface area contributed by atoms with Crippen molar-refractivity contribution in [2.24, 2.45) is 0 Å². The Bertz CT molecular complexity index is 733. The lowest BCUT2D eigenvalue weighted by atomic mass is 9.74. The van der Waals surface area contributed by atoms with E-state index in [0.29, 0.717) is 13.2 Å². The minimum Gasteiger partial charge on any atom is -0.492 e. The molecule has 0 unspecified atom stereocenters. The highest BCUT2D eigenvalue weighted by Gasteiger charge is 2.40. The average Bonchev–Trinajstić information content (AvgIpc) is 2.64. The molecule has 1 amide bonds. The Morgan fingerprint density at radius 2 is 2.00 bits per heavy atom. The van der Waals surface area contributed by atoms with Crippen LogP contribution in [0.4, 0.5) is 4.79 Å². The molecule has 2 fully saturated rings. The molecule has 0 spiro atoms. The lowest BCUT2D eigenvalue weighted by molar-refractivity contribution is -0.0233. The number of carbonyl (C=O) groups is 1. The van der Waals surface area contributed by atoms with Crippen LogP contribution in [0.3, 0.4) is 0 Å². The molecule has 0 saturated carbocycles. The van der Waals surface area contributed by atoms with Crippen LogP contribution in [-0.4, -0.2) is 54.6 Å². The van der Waals surface area contributed by atoms with Gasteiger partial charge in [0.1, 0.15) is 18.0 Å². The third kappa shape index (κ3) is 6.14. The summed E-state index contributed by atoms with van der Waals surface area (Å²) in [6.07, 6.45) is 3.66. The second-order valence-corrected chi connectivity index (χ2v) is 10.0. The second-order valence-electron chi connectivity index (χ2n) is 10.0. The third-order valence-corrected chi connectivity index (χ3v) is 5.42. The number of ether oxygens (including phenoxy) is 2. The zero-order chi connectivity index (χ0) is 21.9. The molecule has 2 saturated heterocycles. The van der Waals surface area contributed by atoms with E-state index >= 15 is 0 Å². The van der Waals surface area contributed by atoms with Gasteiger partial charge in [0.15, 0.2) is 0 Å². The van der Waals surface area contributed by atoms with E-state index in [4.69, 9.17) is 18.8 Å². The van der Waals surface area contributed by atoms with E-state index in [1.165, 1.54) is 0 Å². The monoisotopic (exact) mass is 417 g/mol. The van der Waals surface area contributed by atoms with E-state index in [1.807, 2.05) is 49.9 Å². The molecule has 30 heavy (non-hydrogen) atoms. The van der Waals surface area contributed by atoms with Gasteiger partial charge in [-0.3, -0.25) is 0 Å². The minimum absolute atomic E-state index is 0.00906. The number of para-hydroxylation sites is 1. The molecule has 2 aliphatic heterocycles. The van der Waals surface area contributed by atoms with Crippen LogP contribution in [0.15, 0.2) is 24.3 Å². The SMILES string of the molecule is C[C@@H]1CC(C)(C)OB(c2ccccc2OC[C@@H]2CCCCN2C(=O)OC(C)(C)C)O1. The maximum atomic E-state index is 12.7. The Morgan fingerprint density at radius 1 is 1.27 bits per heavy atom. The van der Waals surface area contributed by atoms with Crippen LogP contribution in [0.25, 0.3) is 0 Å². The second kappa shape index (κ2) is 9.19. The van der Waals surface area contributed by atoms with Gasteiger partial charge in [-0.05, 0) is 73.3 Å². The maximum absolute atomic E-state index is 12.7. The van der Waals surface area contributed by atoms with Crippen LogP contribution in [0, 0.1) is 0 Å². The Morgan fingerprint density at radius 3 is 2.70 bits per heavy atom. The molecule has 2 aliphatic rings. The van der Waals surface area contributed by atoms with Gasteiger partial charge in [0.25, 0.3) is 0 Å². The summed E-state index contributed by atoms with van der Waals surface area (Å²) in [7, 11) is -0.465. The molecule has 2 heterocycles. The lowest BCUT2D eigenvalue weighted by Crippen LogP contribution is -2.52. The summed E-state index contributed by atoms with van der Waals surface area (Å²) in [5.41, 5.74) is 0.120. The highest BCUT2D eigenvalue weighted by Crippen LogP contribution is 2.27. The summed E-state index contributed by atoms with van der Waals surface area (Å²) < 4.78 is 24.1. The van der Waals surface area contributed by atoms with Crippen molar-refractivity contribution in [3.8, 4) is 5.75 Å². The first-order chi connectivity index (χ1) is 14.0. The molecule has 0 aliphatic carbocycles. The fourth-order valence-electron chi connectivity index (χ4n) is 4.18. The van der Waals surface area contributed by atoms with E-state index in [-0.39, 0.29) is 23.8 Å². The largest absolute Gasteiger partial charge is 0.498 e. The van der Waals surface area contributed by atoms with Crippen molar-refractivity contribution in [3.05, 3.63) is 24.3 Å². The predicted molar refractivity (Wildman–Crippen MR) is 118 cm³/mol. The molecule has 1 aromatic rings. The topological polar surface area (TPSA) is 57.2 Å². The Hall–Kier alpha value is -1.73. The molecular formula is C23H36BNO5. The van der Waals surface area contributed by atoms with Crippen molar-refractivity contribution in [2.75, 3.05) is 13.2 Å². The molecule has 6 nitrogen and oxygen atoms in total. The molecule has 0 N–H and O–H groups in total. The van der Waals surface area contributed by atoms with Crippen LogP contribution >= 0.6 is 0 Å². The molecule has 2 atom stereocenters. The fourth-order valence-corrected chi connectivity index (χ4v) is 4.18. The first-order valence-electron chi connectivity index (χ1n) is 11.1. The van der Waals surface area contributed by atoms with E-state index in [9.17, 15) is 4.79 Å². The van der Waals surface area contributed by atoms with E-state index in [1.54, 1.807) is 0 Å². The number of hydrogen-bond donors (Lipinski definition) is 0. The van der Waals surface area contributed by atoms with Crippen LogP contribution < -0.4 is 10.2 Å². The van der Waals surface area contributed by atoms with Crippen LogP contribution in [-0.2, 0) is 14.0 Å². The number of piperidine rings is 1. The van der Waals surface area contributed by atoms with E-state index in [0.717, 1.165) is 36.9 Å². The quantitative estimate of drug-likeness (QED) is 0.689. The van der Waals surface area contributed by atoms with Crippen molar-refractivity contribution < 1.29 is 23.6 Å². The number of likely N-dealkylation sites (tertiary alicyclic amines) is 1. The lowest BCUT2D eigenvalue weighted by Gasteiger charge is -2.39. The fraction of sp³-hybridized carbons (Fsp3) is 0.696. The van der Waals surface area contributed by atoms with E-state index < -0.39 is 12.7 Å². The summed E-state index contributed by atoms with van der Waals surface area (Å²) in [6.45, 7) is 13.0. The van der Waals surface area contributed by atoms with Crippen molar-refractivity contribution in [3.63, 3.8) is 0 Å². The first kappa shape index (κ1) is 22.9. The molecule has 166 valence electrons. The number of benzene rings is 1. The normalized spacial score (nSPS) is 24.5. The van der Waals surface area contributed by atoms with Crippen LogP contribution in [0.5, 0.6) is 5.75 Å². The summed E-state index contributed by atoms with van der Waals surface area (Å²) in [4.78, 5) is 14.5. The van der Waals surface area contributed by atoms with Crippen molar-refractivity contribution >= 4 is 18.7 Å². The summed E-state index contributed by atoms with van der Waals surface area (Å²) >= 11 is 0. The Balaban J connectivity index is 1.70. The van der Waals surface area contributed by atoms with Crippen LogP contribution in [0.2, 0.25) is 0 Å². The summed E-state index contributed by atoms with van der Waals surface area (Å²) in [6, 6.07) is 7.83. The van der Waals surface area contributed by atoms with Gasteiger partial charge >= 0.3 is 13.2 Å². The average molecular weight is 417 g/mol. The number of hydrogen-bond acceptors (Lipinski definition) is 5. The standard InChI is InChI=1S/C23H36BNO5/c1-17-15-23(5,6)30-24(29-17)19-12-7-8-13-20(19)27-16-18-11-9-10-14-25(18)21(26)28-22(2,3)4/h7-8,12-13,17-18H,9-11,14-16H2,1-6H3/t17-,18+/m1/s1. The van der Waals surface area contributed by atoms with Crippen LogP contribution in [0.1, 0.15) is 67.2 Å². The van der Waals surface area contributed by atoms with Gasteiger partial charge in [0, 0.05) is 18.1 Å². The van der Waals surface area contributed by atoms with E-state index in [2.05, 4.69) is 20.8 Å². The number of amides is 1. The number of carbonyl (C=O) groups excluding carboxylic acids is 1. The molecule has 0 bridgehead atoms. The van der Waals surface area contributed by atoms with Crippen molar-refractivity contribution in [1.29, 1.82) is 0 Å². The van der Waals surface area contributed by atoms with Gasteiger partial charge in [-0.25, -0.2) is 4.79 Å². The van der Waals surface area contributed by atoms with Crippen molar-refractivity contribution in [2.45, 2.75) is 90.6 Å².